The SMILES string of the molecule is C[C@H](NC(=O)[C@H](C)NC(=O)[C@@H](N)Cc1cccc(F)c1)C(=O)O.N[C@@H](Cc1c[nH]c2ccccc12)C(=O)O. The molecule has 11 nitrogen and oxygen atoms in total. The van der Waals surface area contributed by atoms with Crippen LogP contribution in [-0.4, -0.2) is 63.1 Å². The molecule has 1 aromatic heterocycles. The number of aromatic nitrogens is 1. The summed E-state index contributed by atoms with van der Waals surface area (Å²) in [5.41, 5.74) is 13.7. The highest BCUT2D eigenvalue weighted by atomic mass is 19.1. The number of halogens is 1. The van der Waals surface area contributed by atoms with Gasteiger partial charge < -0.3 is 37.3 Å². The van der Waals surface area contributed by atoms with Crippen molar-refractivity contribution in [1.82, 2.24) is 15.6 Å². The van der Waals surface area contributed by atoms with E-state index in [2.05, 4.69) is 15.6 Å². The summed E-state index contributed by atoms with van der Waals surface area (Å²) in [6.07, 6.45) is 2.27. The number of hydrogen-bond donors (Lipinski definition) is 7. The van der Waals surface area contributed by atoms with Gasteiger partial charge in [0, 0.05) is 23.5 Å². The Bertz CT molecular complexity index is 1280. The molecule has 2 aromatic carbocycles. The van der Waals surface area contributed by atoms with Crippen molar-refractivity contribution < 1.29 is 33.8 Å². The predicted molar refractivity (Wildman–Crippen MR) is 139 cm³/mol. The summed E-state index contributed by atoms with van der Waals surface area (Å²) < 4.78 is 13.1. The van der Waals surface area contributed by atoms with Crippen LogP contribution in [0.3, 0.4) is 0 Å². The van der Waals surface area contributed by atoms with Crippen molar-refractivity contribution in [3.63, 3.8) is 0 Å². The monoisotopic (exact) mass is 529 g/mol. The Balaban J connectivity index is 0.000000290. The van der Waals surface area contributed by atoms with Crippen molar-refractivity contribution in [3.8, 4) is 0 Å². The molecule has 38 heavy (non-hydrogen) atoms. The number of H-pyrrole nitrogens is 1. The quantitative estimate of drug-likeness (QED) is 0.201. The summed E-state index contributed by atoms with van der Waals surface area (Å²) in [7, 11) is 0. The molecule has 0 aliphatic rings. The van der Waals surface area contributed by atoms with E-state index in [1.165, 1.54) is 32.0 Å². The fraction of sp³-hybridized carbons (Fsp3) is 0.308. The number of nitrogens with one attached hydrogen (secondary N) is 3. The number of carboxylic acids is 2. The fourth-order valence-electron chi connectivity index (χ4n) is 3.42. The smallest absolute Gasteiger partial charge is 0.325 e. The first kappa shape index (κ1) is 29.9. The second-order valence-corrected chi connectivity index (χ2v) is 8.75. The molecule has 0 radical (unpaired) electrons. The number of carbonyl (C=O) groups excluding carboxylic acids is 2. The Labute approximate surface area is 218 Å². The van der Waals surface area contributed by atoms with Crippen molar-refractivity contribution in [3.05, 3.63) is 71.7 Å². The highest BCUT2D eigenvalue weighted by Crippen LogP contribution is 2.18. The Hall–Kier alpha value is -4.29. The lowest BCUT2D eigenvalue weighted by molar-refractivity contribution is -0.141. The molecule has 0 aliphatic carbocycles. The molecule has 204 valence electrons. The van der Waals surface area contributed by atoms with E-state index in [1.807, 2.05) is 30.5 Å². The van der Waals surface area contributed by atoms with E-state index in [0.717, 1.165) is 16.5 Å². The van der Waals surface area contributed by atoms with E-state index in [0.29, 0.717) is 12.0 Å². The molecule has 1 heterocycles. The van der Waals surface area contributed by atoms with Crippen LogP contribution in [0, 0.1) is 5.82 Å². The first-order valence-electron chi connectivity index (χ1n) is 11.8. The Morgan fingerprint density at radius 3 is 2.16 bits per heavy atom. The van der Waals surface area contributed by atoms with Crippen molar-refractivity contribution >= 4 is 34.7 Å². The van der Waals surface area contributed by atoms with Gasteiger partial charge in [-0.25, -0.2) is 4.39 Å². The molecule has 0 aliphatic heterocycles. The zero-order valence-corrected chi connectivity index (χ0v) is 21.0. The molecule has 0 saturated carbocycles. The molecule has 12 heteroatoms. The van der Waals surface area contributed by atoms with Gasteiger partial charge in [0.15, 0.2) is 0 Å². The van der Waals surface area contributed by atoms with Gasteiger partial charge >= 0.3 is 11.9 Å². The Morgan fingerprint density at radius 2 is 1.53 bits per heavy atom. The number of amides is 2. The van der Waals surface area contributed by atoms with Crippen LogP contribution in [0.4, 0.5) is 4.39 Å². The first-order valence-corrected chi connectivity index (χ1v) is 11.8. The number of fused-ring (bicyclic) bond motifs is 1. The average Bonchev–Trinajstić information content (AvgIpc) is 3.26. The summed E-state index contributed by atoms with van der Waals surface area (Å²) in [5.74, 6) is -3.79. The molecular formula is C26H32FN5O6. The summed E-state index contributed by atoms with van der Waals surface area (Å²) >= 11 is 0. The number of aromatic amines is 1. The zero-order chi connectivity index (χ0) is 28.4. The molecule has 3 rings (SSSR count). The van der Waals surface area contributed by atoms with Crippen LogP contribution in [0.15, 0.2) is 54.7 Å². The molecule has 0 spiro atoms. The van der Waals surface area contributed by atoms with Gasteiger partial charge in [0.05, 0.1) is 6.04 Å². The van der Waals surface area contributed by atoms with Crippen molar-refractivity contribution in [2.24, 2.45) is 11.5 Å². The van der Waals surface area contributed by atoms with Crippen LogP contribution in [0.25, 0.3) is 10.9 Å². The third kappa shape index (κ3) is 8.98. The lowest BCUT2D eigenvalue weighted by atomic mass is 10.1. The van der Waals surface area contributed by atoms with Crippen LogP contribution < -0.4 is 22.1 Å². The van der Waals surface area contributed by atoms with Crippen LogP contribution in [-0.2, 0) is 32.0 Å². The molecule has 2 amide bonds. The minimum absolute atomic E-state index is 0.115. The van der Waals surface area contributed by atoms with Gasteiger partial charge in [0.1, 0.15) is 23.9 Å². The van der Waals surface area contributed by atoms with Gasteiger partial charge in [0.2, 0.25) is 11.8 Å². The number of nitrogens with two attached hydrogens (primary N) is 2. The summed E-state index contributed by atoms with van der Waals surface area (Å²) in [6.45, 7) is 2.72. The standard InChI is InChI=1S/C15H20FN3O4.C11H12N2O2/c1-8(13(20)19-9(2)15(22)23)18-14(21)12(17)7-10-4-3-5-11(16)6-10;12-9(11(14)15)5-7-6-13-10-4-2-1-3-8(7)10/h3-6,8-9,12H,7,17H2,1-2H3,(H,18,21)(H,19,20)(H,22,23);1-4,6,9,13H,5,12H2,(H,14,15)/t8-,9-,12-;9-/m00/s1. The van der Waals surface area contributed by atoms with Gasteiger partial charge in [-0.15, -0.1) is 0 Å². The average molecular weight is 530 g/mol. The molecule has 3 aromatic rings. The number of aliphatic carboxylic acids is 2. The number of carbonyl (C=O) groups is 4. The molecule has 0 fully saturated rings. The minimum Gasteiger partial charge on any atom is -0.480 e. The highest BCUT2D eigenvalue weighted by molar-refractivity contribution is 5.91. The first-order chi connectivity index (χ1) is 17.9. The van der Waals surface area contributed by atoms with E-state index < -0.39 is 53.7 Å². The van der Waals surface area contributed by atoms with E-state index in [4.69, 9.17) is 21.7 Å². The van der Waals surface area contributed by atoms with Gasteiger partial charge in [-0.2, -0.15) is 0 Å². The zero-order valence-electron chi connectivity index (χ0n) is 21.0. The van der Waals surface area contributed by atoms with Gasteiger partial charge in [-0.1, -0.05) is 30.3 Å². The molecule has 0 saturated heterocycles. The maximum atomic E-state index is 13.1. The van der Waals surface area contributed by atoms with E-state index >= 15 is 0 Å². The normalized spacial score (nSPS) is 13.8. The predicted octanol–water partition coefficient (Wildman–Crippen LogP) is 0.912. The van der Waals surface area contributed by atoms with Crippen LogP contribution in [0.1, 0.15) is 25.0 Å². The molecule has 0 unspecified atom stereocenters. The van der Waals surface area contributed by atoms with E-state index in [1.54, 1.807) is 6.07 Å². The van der Waals surface area contributed by atoms with Crippen molar-refractivity contribution in [2.75, 3.05) is 0 Å². The van der Waals surface area contributed by atoms with Gasteiger partial charge in [-0.05, 0) is 49.6 Å². The lowest BCUT2D eigenvalue weighted by Gasteiger charge is -2.18. The van der Waals surface area contributed by atoms with E-state index in [-0.39, 0.29) is 6.42 Å². The van der Waals surface area contributed by atoms with Crippen molar-refractivity contribution in [2.45, 2.75) is 50.9 Å². The third-order valence-corrected chi connectivity index (χ3v) is 5.59. The van der Waals surface area contributed by atoms with Crippen LogP contribution in [0.2, 0.25) is 0 Å². The molecule has 9 N–H and O–H groups in total. The second-order valence-electron chi connectivity index (χ2n) is 8.75. The number of rotatable bonds is 10. The number of hydrogen-bond acceptors (Lipinski definition) is 6. The Morgan fingerprint density at radius 1 is 0.868 bits per heavy atom. The summed E-state index contributed by atoms with van der Waals surface area (Å²) in [4.78, 5) is 48.1. The number of carboxylic acid groups (broad SMARTS) is 2. The second kappa shape index (κ2) is 13.9. The largest absolute Gasteiger partial charge is 0.480 e. The van der Waals surface area contributed by atoms with Crippen LogP contribution >= 0.6 is 0 Å². The van der Waals surface area contributed by atoms with Gasteiger partial charge in [-0.3, -0.25) is 19.2 Å². The highest BCUT2D eigenvalue weighted by Gasteiger charge is 2.23. The topological polar surface area (TPSA) is 201 Å². The summed E-state index contributed by atoms with van der Waals surface area (Å²) in [6, 6.07) is 9.66. The number of benzene rings is 2. The minimum atomic E-state index is -1.18. The number of para-hydroxylation sites is 1. The lowest BCUT2D eigenvalue weighted by Crippen LogP contribution is -2.53. The molecular weight excluding hydrogens is 497 g/mol. The Kier molecular flexibility index (Phi) is 10.9. The maximum absolute atomic E-state index is 13.1. The van der Waals surface area contributed by atoms with Gasteiger partial charge in [0.25, 0.3) is 0 Å². The third-order valence-electron chi connectivity index (χ3n) is 5.59. The molecule has 4 atom stereocenters. The van der Waals surface area contributed by atoms with Crippen LogP contribution in [0.5, 0.6) is 0 Å². The summed E-state index contributed by atoms with van der Waals surface area (Å²) in [5, 5.41) is 23.1. The van der Waals surface area contributed by atoms with E-state index in [9.17, 15) is 23.6 Å². The maximum Gasteiger partial charge on any atom is 0.325 e. The van der Waals surface area contributed by atoms with Crippen molar-refractivity contribution in [1.29, 1.82) is 0 Å². The molecule has 0 bridgehead atoms. The fourth-order valence-corrected chi connectivity index (χ4v) is 3.42.